The normalized spacial score (nSPS) is 16.1. The van der Waals surface area contributed by atoms with Gasteiger partial charge in [-0.25, -0.2) is 14.6 Å². The predicted molar refractivity (Wildman–Crippen MR) is 79.4 cm³/mol. The van der Waals surface area contributed by atoms with Gasteiger partial charge in [-0.05, 0) is 26.2 Å². The fourth-order valence-corrected chi connectivity index (χ4v) is 3.26. The van der Waals surface area contributed by atoms with Gasteiger partial charge in [-0.3, -0.25) is 10.1 Å². The zero-order valence-electron chi connectivity index (χ0n) is 12.0. The van der Waals surface area contributed by atoms with Crippen LogP contribution < -0.4 is 10.6 Å². The van der Waals surface area contributed by atoms with Crippen molar-refractivity contribution in [2.45, 2.75) is 26.2 Å². The lowest BCUT2D eigenvalue weighted by atomic mass is 9.91. The van der Waals surface area contributed by atoms with Gasteiger partial charge in [-0.1, -0.05) is 0 Å². The van der Waals surface area contributed by atoms with Crippen molar-refractivity contribution < 1.29 is 19.1 Å². The zero-order chi connectivity index (χ0) is 15.9. The van der Waals surface area contributed by atoms with E-state index in [0.29, 0.717) is 31.0 Å². The SMILES string of the molecule is CCOC(=O)C1CCc2nc(NC(=O)NCN=C=O)sc2C1. The molecule has 0 radical (unpaired) electrons. The summed E-state index contributed by atoms with van der Waals surface area (Å²) in [6.07, 6.45) is 3.31. The second-order valence-electron chi connectivity index (χ2n) is 4.62. The van der Waals surface area contributed by atoms with E-state index in [1.54, 1.807) is 6.92 Å². The van der Waals surface area contributed by atoms with Gasteiger partial charge in [0.15, 0.2) is 5.13 Å². The van der Waals surface area contributed by atoms with Crippen LogP contribution in [0.1, 0.15) is 23.9 Å². The number of nitrogens with zero attached hydrogens (tertiary/aromatic N) is 2. The minimum absolute atomic E-state index is 0.134. The van der Waals surface area contributed by atoms with Gasteiger partial charge in [0, 0.05) is 4.88 Å². The van der Waals surface area contributed by atoms with Crippen molar-refractivity contribution in [2.75, 3.05) is 18.6 Å². The topological polar surface area (TPSA) is 110 Å². The van der Waals surface area contributed by atoms with E-state index >= 15 is 0 Å². The van der Waals surface area contributed by atoms with Gasteiger partial charge in [0.25, 0.3) is 0 Å². The highest BCUT2D eigenvalue weighted by Gasteiger charge is 2.28. The van der Waals surface area contributed by atoms with Crippen LogP contribution in [-0.4, -0.2) is 36.3 Å². The molecule has 1 aromatic rings. The molecular formula is C13H16N4O4S. The number of carbonyl (C=O) groups excluding carboxylic acids is 3. The molecule has 0 aromatic carbocycles. The van der Waals surface area contributed by atoms with Crippen LogP contribution in [0.15, 0.2) is 4.99 Å². The first-order chi connectivity index (χ1) is 10.6. The lowest BCUT2D eigenvalue weighted by Crippen LogP contribution is -2.28. The third-order valence-corrected chi connectivity index (χ3v) is 4.20. The maximum Gasteiger partial charge on any atom is 0.322 e. The van der Waals surface area contributed by atoms with E-state index in [4.69, 9.17) is 4.74 Å². The summed E-state index contributed by atoms with van der Waals surface area (Å²) in [4.78, 5) is 41.8. The number of hydrogen-bond donors (Lipinski definition) is 2. The van der Waals surface area contributed by atoms with Crippen molar-refractivity contribution in [3.05, 3.63) is 10.6 Å². The molecule has 9 heteroatoms. The number of anilines is 1. The molecule has 1 aliphatic carbocycles. The molecule has 2 amide bonds. The first-order valence-corrected chi connectivity index (χ1v) is 7.69. The number of ether oxygens (including phenoxy) is 1. The molecular weight excluding hydrogens is 308 g/mol. The highest BCUT2D eigenvalue weighted by Crippen LogP contribution is 2.32. The second-order valence-corrected chi connectivity index (χ2v) is 5.70. The largest absolute Gasteiger partial charge is 0.466 e. The Morgan fingerprint density at radius 2 is 2.36 bits per heavy atom. The number of carbonyl (C=O) groups is 2. The summed E-state index contributed by atoms with van der Waals surface area (Å²) in [5.74, 6) is -0.322. The Labute approximate surface area is 131 Å². The summed E-state index contributed by atoms with van der Waals surface area (Å²) >= 11 is 1.34. The lowest BCUT2D eigenvalue weighted by Gasteiger charge is -2.18. The highest BCUT2D eigenvalue weighted by atomic mass is 32.1. The number of hydrogen-bond acceptors (Lipinski definition) is 7. The van der Waals surface area contributed by atoms with Crippen LogP contribution in [0.25, 0.3) is 0 Å². The third-order valence-electron chi connectivity index (χ3n) is 3.16. The van der Waals surface area contributed by atoms with Gasteiger partial charge in [-0.15, -0.1) is 11.3 Å². The molecule has 0 bridgehead atoms. The van der Waals surface area contributed by atoms with Crippen LogP contribution in [0.3, 0.4) is 0 Å². The number of esters is 1. The molecule has 8 nitrogen and oxygen atoms in total. The second kappa shape index (κ2) is 7.67. The van der Waals surface area contributed by atoms with Gasteiger partial charge in [0.1, 0.15) is 6.67 Å². The van der Waals surface area contributed by atoms with Gasteiger partial charge in [0.2, 0.25) is 6.08 Å². The molecule has 1 aromatic heterocycles. The molecule has 0 saturated heterocycles. The van der Waals surface area contributed by atoms with E-state index in [1.807, 2.05) is 0 Å². The van der Waals surface area contributed by atoms with Crippen LogP contribution in [0.4, 0.5) is 9.93 Å². The summed E-state index contributed by atoms with van der Waals surface area (Å²) in [5.41, 5.74) is 0.909. The van der Waals surface area contributed by atoms with Crippen molar-refractivity contribution in [1.82, 2.24) is 10.3 Å². The number of nitrogens with one attached hydrogen (secondary N) is 2. The Morgan fingerprint density at radius 3 is 3.09 bits per heavy atom. The molecule has 2 rings (SSSR count). The smallest absolute Gasteiger partial charge is 0.322 e. The van der Waals surface area contributed by atoms with Gasteiger partial charge in [-0.2, -0.15) is 4.99 Å². The Bertz CT molecular complexity index is 609. The molecule has 1 heterocycles. The van der Waals surface area contributed by atoms with E-state index in [-0.39, 0.29) is 18.6 Å². The first kappa shape index (κ1) is 16.1. The third kappa shape index (κ3) is 4.12. The zero-order valence-corrected chi connectivity index (χ0v) is 12.9. The van der Waals surface area contributed by atoms with Crippen molar-refractivity contribution in [3.8, 4) is 0 Å². The summed E-state index contributed by atoms with van der Waals surface area (Å²) < 4.78 is 5.05. The molecule has 118 valence electrons. The number of thiazole rings is 1. The lowest BCUT2D eigenvalue weighted by molar-refractivity contribution is -0.148. The molecule has 0 fully saturated rings. The average molecular weight is 324 g/mol. The van der Waals surface area contributed by atoms with E-state index in [9.17, 15) is 14.4 Å². The average Bonchev–Trinajstić information content (AvgIpc) is 2.88. The quantitative estimate of drug-likeness (QED) is 0.481. The summed E-state index contributed by atoms with van der Waals surface area (Å²) in [6, 6.07) is -0.493. The van der Waals surface area contributed by atoms with Gasteiger partial charge >= 0.3 is 12.0 Å². The molecule has 1 unspecified atom stereocenters. The van der Waals surface area contributed by atoms with Crippen LogP contribution in [-0.2, 0) is 27.2 Å². The van der Waals surface area contributed by atoms with Crippen LogP contribution in [0.2, 0.25) is 0 Å². The van der Waals surface area contributed by atoms with Crippen LogP contribution in [0, 0.1) is 5.92 Å². The molecule has 0 saturated carbocycles. The van der Waals surface area contributed by atoms with Crippen molar-refractivity contribution in [2.24, 2.45) is 10.9 Å². The molecule has 0 spiro atoms. The summed E-state index contributed by atoms with van der Waals surface area (Å²) in [5, 5.41) is 5.41. The highest BCUT2D eigenvalue weighted by molar-refractivity contribution is 7.15. The Balaban J connectivity index is 1.94. The maximum absolute atomic E-state index is 11.8. The minimum Gasteiger partial charge on any atom is -0.466 e. The molecule has 22 heavy (non-hydrogen) atoms. The number of aryl methyl sites for hydroxylation is 1. The van der Waals surface area contributed by atoms with Crippen LogP contribution in [0.5, 0.6) is 0 Å². The van der Waals surface area contributed by atoms with Crippen molar-refractivity contribution in [3.63, 3.8) is 0 Å². The first-order valence-electron chi connectivity index (χ1n) is 6.87. The number of fused-ring (bicyclic) bond motifs is 1. The van der Waals surface area contributed by atoms with E-state index in [0.717, 1.165) is 10.6 Å². The van der Waals surface area contributed by atoms with Crippen molar-refractivity contribution in [1.29, 1.82) is 0 Å². The number of amides is 2. The minimum atomic E-state index is -0.493. The Morgan fingerprint density at radius 1 is 1.55 bits per heavy atom. The number of isocyanates is 1. The number of urea groups is 1. The van der Waals surface area contributed by atoms with Crippen molar-refractivity contribution >= 4 is 34.5 Å². The number of aliphatic imine (C=N–C) groups is 1. The molecule has 2 N–H and O–H groups in total. The molecule has 0 aliphatic heterocycles. The van der Waals surface area contributed by atoms with E-state index in [2.05, 4.69) is 20.6 Å². The molecule has 1 atom stereocenters. The van der Waals surface area contributed by atoms with Gasteiger partial charge in [0.05, 0.1) is 18.2 Å². The maximum atomic E-state index is 11.8. The van der Waals surface area contributed by atoms with Gasteiger partial charge < -0.3 is 10.1 Å². The molecule has 1 aliphatic rings. The fraction of sp³-hybridized carbons (Fsp3) is 0.538. The van der Waals surface area contributed by atoms with Crippen LogP contribution >= 0.6 is 11.3 Å². The Hall–Kier alpha value is -2.25. The number of aromatic nitrogens is 1. The summed E-state index contributed by atoms with van der Waals surface area (Å²) in [6.45, 7) is 2.03. The predicted octanol–water partition coefficient (Wildman–Crippen LogP) is 1.23. The summed E-state index contributed by atoms with van der Waals surface area (Å²) in [7, 11) is 0. The standard InChI is InChI=1S/C13H16N4O4S/c1-2-21-11(19)8-3-4-9-10(5-8)22-13(16-9)17-12(20)15-6-14-7-18/h8H,2-6H2,1H3,(H2,15,16,17,20). The fourth-order valence-electron chi connectivity index (χ4n) is 2.17. The Kier molecular flexibility index (Phi) is 5.62. The van der Waals surface area contributed by atoms with E-state index < -0.39 is 6.03 Å². The monoisotopic (exact) mass is 324 g/mol. The number of rotatable bonds is 5. The van der Waals surface area contributed by atoms with E-state index in [1.165, 1.54) is 17.4 Å².